The summed E-state index contributed by atoms with van der Waals surface area (Å²) in [4.78, 5) is 46.9. The minimum atomic E-state index is -1.08. The van der Waals surface area contributed by atoms with E-state index in [-0.39, 0.29) is 12.5 Å². The zero-order valence-corrected chi connectivity index (χ0v) is 21.1. The Labute approximate surface area is 205 Å². The summed E-state index contributed by atoms with van der Waals surface area (Å²) in [5, 5.41) is 10.0. The highest BCUT2D eigenvalue weighted by molar-refractivity contribution is 5.88. The zero-order valence-electron chi connectivity index (χ0n) is 21.1. The molecular formula is C25H34N4O6. The van der Waals surface area contributed by atoms with Crippen LogP contribution in [0.1, 0.15) is 66.5 Å². The van der Waals surface area contributed by atoms with Gasteiger partial charge in [-0.3, -0.25) is 9.78 Å². The minimum Gasteiger partial charge on any atom is -0.481 e. The van der Waals surface area contributed by atoms with Crippen LogP contribution in [0.2, 0.25) is 0 Å². The maximum atomic E-state index is 12.7. The molecule has 10 heteroatoms. The number of carboxylic acids is 1. The Morgan fingerprint density at radius 1 is 1.09 bits per heavy atom. The van der Waals surface area contributed by atoms with E-state index in [1.807, 2.05) is 12.1 Å². The summed E-state index contributed by atoms with van der Waals surface area (Å²) >= 11 is 0. The zero-order chi connectivity index (χ0) is 26.0. The Balaban J connectivity index is 1.68. The van der Waals surface area contributed by atoms with Crippen molar-refractivity contribution in [1.82, 2.24) is 19.4 Å². The van der Waals surface area contributed by atoms with Gasteiger partial charge in [-0.15, -0.1) is 0 Å². The normalized spacial score (nSPS) is 19.7. The summed E-state index contributed by atoms with van der Waals surface area (Å²) in [7, 11) is 0. The van der Waals surface area contributed by atoms with E-state index in [1.54, 1.807) is 71.0 Å². The number of carbonyl (C=O) groups excluding carboxylic acids is 2. The molecule has 0 radical (unpaired) electrons. The van der Waals surface area contributed by atoms with E-state index in [9.17, 15) is 19.5 Å². The van der Waals surface area contributed by atoms with Crippen molar-refractivity contribution in [2.24, 2.45) is 5.92 Å². The highest BCUT2D eigenvalue weighted by atomic mass is 16.6. The van der Waals surface area contributed by atoms with E-state index in [2.05, 4.69) is 9.97 Å². The maximum Gasteiger partial charge on any atom is 0.419 e. The number of amides is 2. The van der Waals surface area contributed by atoms with Crippen LogP contribution in [-0.2, 0) is 19.7 Å². The quantitative estimate of drug-likeness (QED) is 0.604. The van der Waals surface area contributed by atoms with Gasteiger partial charge in [0.05, 0.1) is 12.0 Å². The monoisotopic (exact) mass is 486 g/mol. The van der Waals surface area contributed by atoms with Crippen LogP contribution in [0.4, 0.5) is 9.59 Å². The van der Waals surface area contributed by atoms with E-state index in [0.717, 1.165) is 10.6 Å². The van der Waals surface area contributed by atoms with Gasteiger partial charge in [-0.25, -0.2) is 19.5 Å². The Kier molecular flexibility index (Phi) is 7.23. The summed E-state index contributed by atoms with van der Waals surface area (Å²) in [5.74, 6) is -1.10. The molecule has 35 heavy (non-hydrogen) atoms. The Bertz CT molecular complexity index is 1040. The minimum absolute atomic E-state index is 0.0570. The van der Waals surface area contributed by atoms with Gasteiger partial charge in [0.1, 0.15) is 16.6 Å². The Hall–Kier alpha value is -3.43. The molecule has 2 aromatic heterocycles. The Morgan fingerprint density at radius 3 is 2.17 bits per heavy atom. The molecule has 2 amide bonds. The fraction of sp³-hybridized carbons (Fsp3) is 0.560. The number of nitrogens with zero attached hydrogens (tertiary/aromatic N) is 4. The average Bonchev–Trinajstić information content (AvgIpc) is 3.25. The molecule has 1 saturated carbocycles. The Morgan fingerprint density at radius 2 is 1.66 bits per heavy atom. The van der Waals surface area contributed by atoms with E-state index in [1.165, 1.54) is 0 Å². The van der Waals surface area contributed by atoms with E-state index in [0.29, 0.717) is 25.0 Å². The molecule has 0 aromatic carbocycles. The average molecular weight is 487 g/mol. The number of carbonyl (C=O) groups is 3. The molecule has 1 unspecified atom stereocenters. The van der Waals surface area contributed by atoms with Crippen LogP contribution >= 0.6 is 0 Å². The third kappa shape index (κ3) is 6.37. The van der Waals surface area contributed by atoms with Gasteiger partial charge < -0.3 is 19.1 Å². The lowest BCUT2D eigenvalue weighted by Crippen LogP contribution is -2.44. The summed E-state index contributed by atoms with van der Waals surface area (Å²) in [6, 6.07) is 3.62. The van der Waals surface area contributed by atoms with Crippen LogP contribution in [-0.4, -0.2) is 60.4 Å². The van der Waals surface area contributed by atoms with Gasteiger partial charge in [0.2, 0.25) is 0 Å². The number of imide groups is 1. The molecule has 1 aliphatic rings. The number of hydrogen-bond acceptors (Lipinski definition) is 7. The SMILES string of the molecule is CC(C)(C)OC(=O)N(CCC[C@H]1CC1(C(=O)O)c1cn(-c2ccncc2)cn1)C(=O)OC(C)(C)C. The lowest BCUT2D eigenvalue weighted by molar-refractivity contribution is -0.140. The first-order valence-corrected chi connectivity index (χ1v) is 11.6. The number of carboxylic acid groups (broad SMARTS) is 1. The first-order chi connectivity index (χ1) is 16.2. The van der Waals surface area contributed by atoms with Gasteiger partial charge in [0.25, 0.3) is 0 Å². The van der Waals surface area contributed by atoms with E-state index < -0.39 is 34.8 Å². The first-order valence-electron chi connectivity index (χ1n) is 11.6. The number of rotatable bonds is 7. The molecule has 1 aliphatic carbocycles. The smallest absolute Gasteiger partial charge is 0.419 e. The van der Waals surface area contributed by atoms with Crippen LogP contribution in [0.3, 0.4) is 0 Å². The van der Waals surface area contributed by atoms with Crippen molar-refractivity contribution in [3.05, 3.63) is 42.7 Å². The number of hydrogen-bond donors (Lipinski definition) is 1. The van der Waals surface area contributed by atoms with Gasteiger partial charge in [-0.05, 0) is 78.9 Å². The summed E-state index contributed by atoms with van der Waals surface area (Å²) in [5.41, 5.74) is -1.31. The van der Waals surface area contributed by atoms with Crippen LogP contribution in [0.5, 0.6) is 0 Å². The standard InChI is InChI=1S/C25H34N4O6/c1-23(2,3)34-21(32)29(22(33)35-24(4,5)6)13-7-8-17-14-25(17,20(30)31)19-15-28(16-27-19)18-9-11-26-12-10-18/h9-12,15-17H,7-8,13-14H2,1-6H3,(H,30,31)/t17-,25?/m0/s1. The third-order valence-electron chi connectivity index (χ3n) is 5.65. The molecule has 0 saturated heterocycles. The molecule has 2 atom stereocenters. The van der Waals surface area contributed by atoms with Gasteiger partial charge in [-0.1, -0.05) is 0 Å². The van der Waals surface area contributed by atoms with Gasteiger partial charge in [0, 0.05) is 30.8 Å². The van der Waals surface area contributed by atoms with Crippen molar-refractivity contribution in [1.29, 1.82) is 0 Å². The molecule has 2 aromatic rings. The molecule has 0 bridgehead atoms. The van der Waals surface area contributed by atoms with Crippen LogP contribution in [0.25, 0.3) is 5.69 Å². The van der Waals surface area contributed by atoms with Gasteiger partial charge >= 0.3 is 18.2 Å². The molecule has 1 N–H and O–H groups in total. The summed E-state index contributed by atoms with van der Waals surface area (Å²) < 4.78 is 12.5. The van der Waals surface area contributed by atoms with Crippen molar-refractivity contribution in [3.63, 3.8) is 0 Å². The van der Waals surface area contributed by atoms with E-state index in [4.69, 9.17) is 9.47 Å². The largest absolute Gasteiger partial charge is 0.481 e. The maximum absolute atomic E-state index is 12.7. The molecule has 190 valence electrons. The van der Waals surface area contributed by atoms with Crippen molar-refractivity contribution >= 4 is 18.2 Å². The number of ether oxygens (including phenoxy) is 2. The highest BCUT2D eigenvalue weighted by Gasteiger charge is 2.62. The van der Waals surface area contributed by atoms with Crippen molar-refractivity contribution < 1.29 is 29.0 Å². The molecule has 2 heterocycles. The van der Waals surface area contributed by atoms with Crippen LogP contribution < -0.4 is 0 Å². The van der Waals surface area contributed by atoms with Crippen LogP contribution in [0, 0.1) is 5.92 Å². The number of imidazole rings is 1. The predicted molar refractivity (Wildman–Crippen MR) is 127 cm³/mol. The second-order valence-electron chi connectivity index (χ2n) is 10.8. The van der Waals surface area contributed by atoms with Gasteiger partial charge in [-0.2, -0.15) is 0 Å². The van der Waals surface area contributed by atoms with Crippen LogP contribution in [0.15, 0.2) is 37.1 Å². The molecule has 0 spiro atoms. The van der Waals surface area contributed by atoms with Gasteiger partial charge in [0.15, 0.2) is 0 Å². The fourth-order valence-corrected chi connectivity index (χ4v) is 3.96. The number of aliphatic carboxylic acids is 1. The van der Waals surface area contributed by atoms with Crippen molar-refractivity contribution in [2.75, 3.05) is 6.54 Å². The lowest BCUT2D eigenvalue weighted by Gasteiger charge is -2.28. The first kappa shape index (κ1) is 26.2. The second-order valence-corrected chi connectivity index (χ2v) is 10.8. The van der Waals surface area contributed by atoms with Crippen molar-refractivity contribution in [3.8, 4) is 5.69 Å². The highest BCUT2D eigenvalue weighted by Crippen LogP contribution is 2.56. The number of aromatic nitrogens is 3. The molecule has 1 fully saturated rings. The van der Waals surface area contributed by atoms with Crippen molar-refractivity contribution in [2.45, 2.75) is 77.4 Å². The topological polar surface area (TPSA) is 124 Å². The third-order valence-corrected chi connectivity index (χ3v) is 5.65. The lowest BCUT2D eigenvalue weighted by atomic mass is 9.97. The summed E-state index contributed by atoms with van der Waals surface area (Å²) in [6.07, 6.45) is 6.40. The molecule has 0 aliphatic heterocycles. The second kappa shape index (κ2) is 9.67. The molecule has 3 rings (SSSR count). The number of pyridine rings is 1. The fourth-order valence-electron chi connectivity index (χ4n) is 3.96. The predicted octanol–water partition coefficient (Wildman–Crippen LogP) is 4.56. The molecular weight excluding hydrogens is 452 g/mol. The summed E-state index contributed by atoms with van der Waals surface area (Å²) in [6.45, 7) is 10.4. The van der Waals surface area contributed by atoms with E-state index >= 15 is 0 Å². The molecule has 10 nitrogen and oxygen atoms in total.